The monoisotopic (exact) mass is 178 g/mol. The van der Waals surface area contributed by atoms with Crippen LogP contribution in [0.3, 0.4) is 0 Å². The molecule has 13 heavy (non-hydrogen) atoms. The van der Waals surface area contributed by atoms with E-state index in [9.17, 15) is 0 Å². The fraction of sp³-hybridized carbons (Fsp3) is 0.111. The van der Waals surface area contributed by atoms with E-state index in [1.165, 1.54) is 0 Å². The third kappa shape index (κ3) is 7.88. The molecule has 4 heteroatoms. The van der Waals surface area contributed by atoms with Gasteiger partial charge in [0.15, 0.2) is 0 Å². The van der Waals surface area contributed by atoms with E-state index in [-0.39, 0.29) is 0 Å². The Labute approximate surface area is 76.2 Å². The molecule has 0 aliphatic heterocycles. The molecule has 0 bridgehead atoms. The minimum atomic E-state index is -1.33. The van der Waals surface area contributed by atoms with Crippen LogP contribution in [0.5, 0.6) is 0 Å². The summed E-state index contributed by atoms with van der Waals surface area (Å²) in [5.41, 5.74) is 5.11. The molecule has 0 saturated heterocycles. The first-order valence-corrected chi connectivity index (χ1v) is 3.56. The van der Waals surface area contributed by atoms with Gasteiger partial charge in [-0.05, 0) is 5.56 Å². The van der Waals surface area contributed by atoms with E-state index in [1.807, 2.05) is 30.3 Å². The van der Waals surface area contributed by atoms with Gasteiger partial charge in [0.1, 0.15) is 0 Å². The summed E-state index contributed by atoms with van der Waals surface area (Å²) in [5.74, 6) is 0. The first kappa shape index (κ1) is 11.0. The Bertz CT molecular complexity index is 286. The highest BCUT2D eigenvalue weighted by Gasteiger charge is 1.84. The Hall–Kier alpha value is -2.02. The fourth-order valence-electron chi connectivity index (χ4n) is 0.687. The topological polar surface area (TPSA) is 87.1 Å². The van der Waals surface area contributed by atoms with Crippen LogP contribution in [-0.2, 0) is 6.42 Å². The number of nitrogens with zero attached hydrogens (tertiary/aromatic N) is 1. The summed E-state index contributed by atoms with van der Waals surface area (Å²) >= 11 is 0. The molecule has 0 radical (unpaired) electrons. The fourth-order valence-corrected chi connectivity index (χ4v) is 0.687. The van der Waals surface area contributed by atoms with Crippen LogP contribution in [0.2, 0.25) is 0 Å². The number of amides is 1. The number of carbonyl (C=O) groups is 1. The van der Waals surface area contributed by atoms with E-state index in [1.54, 1.807) is 0 Å². The molecular weight excluding hydrogens is 168 g/mol. The van der Waals surface area contributed by atoms with Gasteiger partial charge in [0.05, 0.1) is 12.5 Å². The van der Waals surface area contributed by atoms with Crippen molar-refractivity contribution >= 4 is 6.09 Å². The first-order valence-electron chi connectivity index (χ1n) is 3.56. The molecule has 1 amide bonds. The first-order chi connectivity index (χ1) is 6.16. The number of hydrogen-bond donors (Lipinski definition) is 2. The van der Waals surface area contributed by atoms with Crippen LogP contribution in [0.1, 0.15) is 5.56 Å². The normalized spacial score (nSPS) is 7.62. The number of nitriles is 1. The van der Waals surface area contributed by atoms with Crippen LogP contribution in [0.4, 0.5) is 4.79 Å². The SMILES string of the molecule is N#CCc1ccccc1.NC(=O)O. The van der Waals surface area contributed by atoms with Gasteiger partial charge in [-0.25, -0.2) is 4.79 Å². The average molecular weight is 178 g/mol. The van der Waals surface area contributed by atoms with E-state index in [0.717, 1.165) is 5.56 Å². The number of rotatable bonds is 1. The van der Waals surface area contributed by atoms with Crippen molar-refractivity contribution in [2.75, 3.05) is 0 Å². The van der Waals surface area contributed by atoms with Crippen molar-refractivity contribution in [1.82, 2.24) is 0 Å². The molecule has 0 aliphatic carbocycles. The second-order valence-corrected chi connectivity index (χ2v) is 2.16. The highest BCUT2D eigenvalue weighted by molar-refractivity contribution is 5.61. The molecule has 1 rings (SSSR count). The Kier molecular flexibility index (Phi) is 5.64. The summed E-state index contributed by atoms with van der Waals surface area (Å²) < 4.78 is 0. The average Bonchev–Trinajstić information content (AvgIpc) is 2.06. The molecule has 0 aliphatic rings. The van der Waals surface area contributed by atoms with Crippen LogP contribution in [0.25, 0.3) is 0 Å². The summed E-state index contributed by atoms with van der Waals surface area (Å²) in [6, 6.07) is 11.8. The zero-order chi connectivity index (χ0) is 10.1. The van der Waals surface area contributed by atoms with Crippen molar-refractivity contribution < 1.29 is 9.90 Å². The van der Waals surface area contributed by atoms with Crippen molar-refractivity contribution in [3.8, 4) is 6.07 Å². The quantitative estimate of drug-likeness (QED) is 0.680. The standard InChI is InChI=1S/C8H7N.CH3NO2/c9-7-6-8-4-2-1-3-5-8;2-1(3)4/h1-5H,6H2;2H2,(H,3,4). The summed E-state index contributed by atoms with van der Waals surface area (Å²) in [6.07, 6.45) is -0.819. The molecule has 0 aromatic heterocycles. The third-order valence-electron chi connectivity index (χ3n) is 1.13. The van der Waals surface area contributed by atoms with Crippen LogP contribution < -0.4 is 5.73 Å². The van der Waals surface area contributed by atoms with Gasteiger partial charge < -0.3 is 10.8 Å². The summed E-state index contributed by atoms with van der Waals surface area (Å²) in [6.45, 7) is 0. The Morgan fingerprint density at radius 2 is 1.92 bits per heavy atom. The maximum absolute atomic E-state index is 8.78. The van der Waals surface area contributed by atoms with Gasteiger partial charge in [-0.3, -0.25) is 0 Å². The lowest BCUT2D eigenvalue weighted by molar-refractivity contribution is 0.205. The van der Waals surface area contributed by atoms with Gasteiger partial charge in [-0.2, -0.15) is 5.26 Å². The van der Waals surface area contributed by atoms with Crippen LogP contribution in [0.15, 0.2) is 30.3 Å². The third-order valence-corrected chi connectivity index (χ3v) is 1.13. The predicted molar refractivity (Wildman–Crippen MR) is 48.0 cm³/mol. The Balaban J connectivity index is 0.000000310. The number of primary amides is 1. The van der Waals surface area contributed by atoms with Gasteiger partial charge in [-0.15, -0.1) is 0 Å². The van der Waals surface area contributed by atoms with Gasteiger partial charge in [0.2, 0.25) is 0 Å². The van der Waals surface area contributed by atoms with Gasteiger partial charge >= 0.3 is 6.09 Å². The molecule has 3 N–H and O–H groups in total. The molecule has 0 spiro atoms. The van der Waals surface area contributed by atoms with Crippen molar-refractivity contribution in [2.45, 2.75) is 6.42 Å². The molecule has 68 valence electrons. The molecule has 4 nitrogen and oxygen atoms in total. The second-order valence-electron chi connectivity index (χ2n) is 2.16. The van der Waals surface area contributed by atoms with Crippen molar-refractivity contribution in [3.63, 3.8) is 0 Å². The number of hydrogen-bond acceptors (Lipinski definition) is 2. The molecule has 1 aromatic rings. The van der Waals surface area contributed by atoms with Crippen LogP contribution in [0, 0.1) is 11.3 Å². The summed E-state index contributed by atoms with van der Waals surface area (Å²) in [7, 11) is 0. The highest BCUT2D eigenvalue weighted by Crippen LogP contribution is 1.96. The van der Waals surface area contributed by atoms with Crippen LogP contribution >= 0.6 is 0 Å². The lowest BCUT2D eigenvalue weighted by atomic mass is 10.2. The van der Waals surface area contributed by atoms with Crippen molar-refractivity contribution in [2.24, 2.45) is 5.73 Å². The van der Waals surface area contributed by atoms with Gasteiger partial charge in [0.25, 0.3) is 0 Å². The van der Waals surface area contributed by atoms with E-state index >= 15 is 0 Å². The van der Waals surface area contributed by atoms with E-state index in [0.29, 0.717) is 6.42 Å². The zero-order valence-electron chi connectivity index (χ0n) is 6.97. The van der Waals surface area contributed by atoms with E-state index < -0.39 is 6.09 Å². The zero-order valence-corrected chi connectivity index (χ0v) is 6.97. The highest BCUT2D eigenvalue weighted by atomic mass is 16.4. The Morgan fingerprint density at radius 3 is 2.31 bits per heavy atom. The number of nitrogens with two attached hydrogens (primary N) is 1. The maximum atomic E-state index is 8.78. The van der Waals surface area contributed by atoms with Crippen molar-refractivity contribution in [1.29, 1.82) is 5.26 Å². The Morgan fingerprint density at radius 1 is 1.46 bits per heavy atom. The minimum absolute atomic E-state index is 0.515. The lowest BCUT2D eigenvalue weighted by Gasteiger charge is -1.88. The number of carboxylic acid groups (broad SMARTS) is 1. The van der Waals surface area contributed by atoms with E-state index in [2.05, 4.69) is 11.8 Å². The molecule has 0 saturated carbocycles. The molecule has 1 aromatic carbocycles. The van der Waals surface area contributed by atoms with Crippen molar-refractivity contribution in [3.05, 3.63) is 35.9 Å². The predicted octanol–water partition coefficient (Wildman–Crippen LogP) is 1.38. The molecule has 0 unspecified atom stereocenters. The van der Waals surface area contributed by atoms with Gasteiger partial charge in [0, 0.05) is 0 Å². The van der Waals surface area contributed by atoms with Gasteiger partial charge in [-0.1, -0.05) is 30.3 Å². The van der Waals surface area contributed by atoms with Crippen LogP contribution in [-0.4, -0.2) is 11.2 Å². The molecular formula is C9H10N2O2. The van der Waals surface area contributed by atoms with E-state index in [4.69, 9.17) is 15.2 Å². The smallest absolute Gasteiger partial charge is 0.402 e. The largest absolute Gasteiger partial charge is 0.465 e. The lowest BCUT2D eigenvalue weighted by Crippen LogP contribution is -2.03. The summed E-state index contributed by atoms with van der Waals surface area (Å²) in [5, 5.41) is 15.5. The molecule has 0 heterocycles. The maximum Gasteiger partial charge on any atom is 0.402 e. The molecule has 0 atom stereocenters. The summed E-state index contributed by atoms with van der Waals surface area (Å²) in [4.78, 5) is 8.78. The molecule has 0 fully saturated rings. The minimum Gasteiger partial charge on any atom is -0.465 e. The second kappa shape index (κ2) is 6.68. The number of benzene rings is 1.